The van der Waals surface area contributed by atoms with Crippen molar-refractivity contribution in [3.05, 3.63) is 45.5 Å². The summed E-state index contributed by atoms with van der Waals surface area (Å²) < 4.78 is 5.27. The third kappa shape index (κ3) is 2.41. The van der Waals surface area contributed by atoms with Gasteiger partial charge in [-0.3, -0.25) is 11.3 Å². The predicted octanol–water partition coefficient (Wildman–Crippen LogP) is 2.74. The molecule has 0 saturated carbocycles. The molecular weight excluding hydrogens is 232 g/mol. The van der Waals surface area contributed by atoms with Crippen molar-refractivity contribution in [1.82, 2.24) is 5.43 Å². The van der Waals surface area contributed by atoms with Crippen LogP contribution in [0.4, 0.5) is 0 Å². The maximum Gasteiger partial charge on any atom is 0.105 e. The summed E-state index contributed by atoms with van der Waals surface area (Å²) in [4.78, 5) is 1.04. The van der Waals surface area contributed by atoms with Gasteiger partial charge in [0.1, 0.15) is 5.76 Å². The van der Waals surface area contributed by atoms with E-state index in [2.05, 4.69) is 5.43 Å². The molecule has 2 aromatic rings. The fraction of sp³-hybridized carbons (Fsp3) is 0.200. The number of hydrogen-bond acceptors (Lipinski definition) is 4. The van der Waals surface area contributed by atoms with Crippen LogP contribution in [0.3, 0.4) is 0 Å². The van der Waals surface area contributed by atoms with Crippen LogP contribution < -0.4 is 11.3 Å². The van der Waals surface area contributed by atoms with E-state index in [1.165, 1.54) is 0 Å². The van der Waals surface area contributed by atoms with Crippen molar-refractivity contribution in [2.24, 2.45) is 5.84 Å². The molecule has 0 saturated heterocycles. The molecule has 1 unspecified atom stereocenters. The predicted molar refractivity (Wildman–Crippen MR) is 61.8 cm³/mol. The molecule has 5 heteroatoms. The van der Waals surface area contributed by atoms with Gasteiger partial charge in [0.05, 0.1) is 17.3 Å². The van der Waals surface area contributed by atoms with E-state index in [9.17, 15) is 0 Å². The zero-order chi connectivity index (χ0) is 10.7. The maximum atomic E-state index is 6.04. The van der Waals surface area contributed by atoms with E-state index in [0.717, 1.165) is 15.7 Å². The summed E-state index contributed by atoms with van der Waals surface area (Å²) in [5.74, 6) is 6.40. The van der Waals surface area contributed by atoms with Crippen molar-refractivity contribution in [2.45, 2.75) is 12.5 Å². The third-order valence-electron chi connectivity index (χ3n) is 2.15. The Kier molecular flexibility index (Phi) is 3.43. The van der Waals surface area contributed by atoms with Gasteiger partial charge in [-0.15, -0.1) is 11.3 Å². The summed E-state index contributed by atoms with van der Waals surface area (Å²) in [5, 5.41) is 2.69. The SMILES string of the molecule is NNC(Cc1ccco1)c1sccc1Cl. The highest BCUT2D eigenvalue weighted by Gasteiger charge is 2.16. The molecule has 2 heterocycles. The second kappa shape index (κ2) is 4.81. The van der Waals surface area contributed by atoms with Crippen molar-refractivity contribution in [3.8, 4) is 0 Å². The van der Waals surface area contributed by atoms with Gasteiger partial charge in [-0.1, -0.05) is 11.6 Å². The lowest BCUT2D eigenvalue weighted by atomic mass is 10.1. The minimum absolute atomic E-state index is 0.00338. The minimum Gasteiger partial charge on any atom is -0.469 e. The lowest BCUT2D eigenvalue weighted by Crippen LogP contribution is -2.29. The lowest BCUT2D eigenvalue weighted by molar-refractivity contribution is 0.458. The number of furan rings is 1. The highest BCUT2D eigenvalue weighted by Crippen LogP contribution is 2.30. The van der Waals surface area contributed by atoms with Crippen LogP contribution in [-0.2, 0) is 6.42 Å². The van der Waals surface area contributed by atoms with Crippen LogP contribution in [0.2, 0.25) is 5.02 Å². The Hall–Kier alpha value is -0.810. The Balaban J connectivity index is 2.15. The molecule has 0 radical (unpaired) electrons. The Labute approximate surface area is 96.8 Å². The van der Waals surface area contributed by atoms with Crippen LogP contribution in [0.15, 0.2) is 34.3 Å². The summed E-state index contributed by atoms with van der Waals surface area (Å²) in [6.07, 6.45) is 2.35. The summed E-state index contributed by atoms with van der Waals surface area (Å²) in [6, 6.07) is 5.65. The van der Waals surface area contributed by atoms with Gasteiger partial charge >= 0.3 is 0 Å². The van der Waals surface area contributed by atoms with Crippen LogP contribution in [0.1, 0.15) is 16.7 Å². The smallest absolute Gasteiger partial charge is 0.105 e. The number of halogens is 1. The molecule has 0 aromatic carbocycles. The zero-order valence-electron chi connectivity index (χ0n) is 7.94. The van der Waals surface area contributed by atoms with Gasteiger partial charge in [-0.2, -0.15) is 0 Å². The van der Waals surface area contributed by atoms with Crippen LogP contribution in [0.5, 0.6) is 0 Å². The number of rotatable bonds is 4. The molecule has 0 aliphatic heterocycles. The molecule has 80 valence electrons. The van der Waals surface area contributed by atoms with Gasteiger partial charge in [-0.05, 0) is 23.6 Å². The molecule has 0 spiro atoms. The van der Waals surface area contributed by atoms with E-state index in [1.807, 2.05) is 23.6 Å². The molecule has 1 atom stereocenters. The molecule has 0 bridgehead atoms. The average Bonchev–Trinajstić information content (AvgIpc) is 2.85. The second-order valence-electron chi connectivity index (χ2n) is 3.14. The number of nitrogens with one attached hydrogen (secondary N) is 1. The Bertz CT molecular complexity index is 413. The van der Waals surface area contributed by atoms with Crippen molar-refractivity contribution in [3.63, 3.8) is 0 Å². The molecule has 0 amide bonds. The summed E-state index contributed by atoms with van der Waals surface area (Å²) in [5.41, 5.74) is 2.75. The first-order valence-electron chi connectivity index (χ1n) is 4.52. The maximum absolute atomic E-state index is 6.04. The third-order valence-corrected chi connectivity index (χ3v) is 3.62. The highest BCUT2D eigenvalue weighted by atomic mass is 35.5. The quantitative estimate of drug-likeness (QED) is 0.640. The zero-order valence-corrected chi connectivity index (χ0v) is 9.52. The highest BCUT2D eigenvalue weighted by molar-refractivity contribution is 7.10. The first kappa shape index (κ1) is 10.7. The van der Waals surface area contributed by atoms with E-state index in [-0.39, 0.29) is 6.04 Å². The van der Waals surface area contributed by atoms with Gasteiger partial charge < -0.3 is 4.42 Å². The molecular formula is C10H11ClN2OS. The van der Waals surface area contributed by atoms with E-state index in [1.54, 1.807) is 17.6 Å². The average molecular weight is 243 g/mol. The van der Waals surface area contributed by atoms with E-state index < -0.39 is 0 Å². The topological polar surface area (TPSA) is 51.2 Å². The Morgan fingerprint density at radius 1 is 1.53 bits per heavy atom. The van der Waals surface area contributed by atoms with Crippen LogP contribution in [-0.4, -0.2) is 0 Å². The van der Waals surface area contributed by atoms with Crippen molar-refractivity contribution >= 4 is 22.9 Å². The monoisotopic (exact) mass is 242 g/mol. The molecule has 15 heavy (non-hydrogen) atoms. The summed E-state index contributed by atoms with van der Waals surface area (Å²) >= 11 is 7.63. The van der Waals surface area contributed by atoms with Crippen molar-refractivity contribution in [2.75, 3.05) is 0 Å². The molecule has 3 N–H and O–H groups in total. The molecule has 2 aromatic heterocycles. The fourth-order valence-electron chi connectivity index (χ4n) is 1.41. The number of nitrogens with two attached hydrogens (primary N) is 1. The van der Waals surface area contributed by atoms with Crippen LogP contribution >= 0.6 is 22.9 Å². The summed E-state index contributed by atoms with van der Waals surface area (Å²) in [6.45, 7) is 0. The van der Waals surface area contributed by atoms with E-state index in [4.69, 9.17) is 21.9 Å². The van der Waals surface area contributed by atoms with Gasteiger partial charge in [0.2, 0.25) is 0 Å². The second-order valence-corrected chi connectivity index (χ2v) is 4.49. The molecule has 2 rings (SSSR count). The standard InChI is InChI=1S/C10H11ClN2OS/c11-8-3-5-15-10(8)9(13-12)6-7-2-1-4-14-7/h1-5,9,13H,6,12H2. The first-order chi connectivity index (χ1) is 7.31. The van der Waals surface area contributed by atoms with Gasteiger partial charge in [0.15, 0.2) is 0 Å². The number of hydrazine groups is 1. The van der Waals surface area contributed by atoms with Crippen LogP contribution in [0, 0.1) is 0 Å². The van der Waals surface area contributed by atoms with Gasteiger partial charge in [0, 0.05) is 11.3 Å². The van der Waals surface area contributed by atoms with Crippen molar-refractivity contribution < 1.29 is 4.42 Å². The molecule has 0 aliphatic rings. The number of thiophene rings is 1. The summed E-state index contributed by atoms with van der Waals surface area (Å²) in [7, 11) is 0. The van der Waals surface area contributed by atoms with Crippen molar-refractivity contribution in [1.29, 1.82) is 0 Å². The molecule has 3 nitrogen and oxygen atoms in total. The molecule has 0 fully saturated rings. The van der Waals surface area contributed by atoms with Crippen LogP contribution in [0.25, 0.3) is 0 Å². The Morgan fingerprint density at radius 2 is 2.40 bits per heavy atom. The molecule has 0 aliphatic carbocycles. The van der Waals surface area contributed by atoms with Gasteiger partial charge in [-0.25, -0.2) is 0 Å². The lowest BCUT2D eigenvalue weighted by Gasteiger charge is -2.13. The minimum atomic E-state index is 0.00338. The van der Waals surface area contributed by atoms with E-state index >= 15 is 0 Å². The fourth-order valence-corrected chi connectivity index (χ4v) is 2.66. The van der Waals surface area contributed by atoms with E-state index in [0.29, 0.717) is 6.42 Å². The Morgan fingerprint density at radius 3 is 2.93 bits per heavy atom. The normalized spacial score (nSPS) is 12.9. The number of hydrogen-bond donors (Lipinski definition) is 2. The van der Waals surface area contributed by atoms with Gasteiger partial charge in [0.25, 0.3) is 0 Å². The largest absolute Gasteiger partial charge is 0.469 e. The first-order valence-corrected chi connectivity index (χ1v) is 5.78.